The zero-order valence-corrected chi connectivity index (χ0v) is 12.2. The van der Waals surface area contributed by atoms with Crippen molar-refractivity contribution >= 4 is 0 Å². The molecule has 0 fully saturated rings. The summed E-state index contributed by atoms with van der Waals surface area (Å²) in [6, 6.07) is 5.35. The van der Waals surface area contributed by atoms with Crippen LogP contribution >= 0.6 is 0 Å². The van der Waals surface area contributed by atoms with E-state index in [1.54, 1.807) is 20.4 Å². The molecule has 0 saturated heterocycles. The maximum absolute atomic E-state index is 6.34. The minimum absolute atomic E-state index is 0.305. The van der Waals surface area contributed by atoms with E-state index in [0.29, 0.717) is 0 Å². The normalized spacial score (nSPS) is 12.2. The predicted octanol–water partition coefficient (Wildman–Crippen LogP) is 2.36. The van der Waals surface area contributed by atoms with Crippen molar-refractivity contribution in [2.24, 2.45) is 5.73 Å². The van der Waals surface area contributed by atoms with E-state index in [1.807, 2.05) is 24.4 Å². The third-order valence-electron chi connectivity index (χ3n) is 3.22. The molecular formula is C15H21N3O2. The van der Waals surface area contributed by atoms with Crippen LogP contribution in [0.25, 0.3) is 0 Å². The number of nitrogens with two attached hydrogens (primary N) is 1. The maximum atomic E-state index is 6.34. The van der Waals surface area contributed by atoms with Gasteiger partial charge in [-0.1, -0.05) is 6.92 Å². The molecule has 20 heavy (non-hydrogen) atoms. The van der Waals surface area contributed by atoms with Gasteiger partial charge in [-0.2, -0.15) is 0 Å². The van der Waals surface area contributed by atoms with E-state index in [2.05, 4.69) is 16.5 Å². The standard InChI is InChI=1S/C15H21N3O2/c1-4-6-18-7-5-17-15(18)14(16)11-8-12(19-2)10-13(9-11)20-3/h5,7-10,14H,4,6,16H2,1-3H3. The smallest absolute Gasteiger partial charge is 0.130 e. The lowest BCUT2D eigenvalue weighted by atomic mass is 10.1. The molecular weight excluding hydrogens is 254 g/mol. The van der Waals surface area contributed by atoms with Crippen molar-refractivity contribution < 1.29 is 9.47 Å². The van der Waals surface area contributed by atoms with Gasteiger partial charge in [-0.25, -0.2) is 4.98 Å². The molecule has 1 atom stereocenters. The zero-order valence-electron chi connectivity index (χ0n) is 12.2. The number of hydrogen-bond acceptors (Lipinski definition) is 4. The van der Waals surface area contributed by atoms with Crippen molar-refractivity contribution in [3.05, 3.63) is 42.0 Å². The average molecular weight is 275 g/mol. The molecule has 1 aromatic heterocycles. The van der Waals surface area contributed by atoms with Gasteiger partial charge in [0.1, 0.15) is 17.3 Å². The van der Waals surface area contributed by atoms with Crippen molar-refractivity contribution in [3.8, 4) is 11.5 Å². The summed E-state index contributed by atoms with van der Waals surface area (Å²) in [6.45, 7) is 3.04. The Kier molecular flexibility index (Phi) is 4.63. The Balaban J connectivity index is 2.36. The number of hydrogen-bond donors (Lipinski definition) is 1. The second kappa shape index (κ2) is 6.43. The van der Waals surface area contributed by atoms with Crippen molar-refractivity contribution in [2.45, 2.75) is 25.9 Å². The summed E-state index contributed by atoms with van der Waals surface area (Å²) in [6.07, 6.45) is 4.77. The minimum Gasteiger partial charge on any atom is -0.497 e. The summed E-state index contributed by atoms with van der Waals surface area (Å²) in [7, 11) is 3.25. The van der Waals surface area contributed by atoms with Crippen molar-refractivity contribution in [3.63, 3.8) is 0 Å². The molecule has 0 amide bonds. The van der Waals surface area contributed by atoms with Crippen molar-refractivity contribution in [1.82, 2.24) is 9.55 Å². The van der Waals surface area contributed by atoms with Gasteiger partial charge >= 0.3 is 0 Å². The summed E-state index contributed by atoms with van der Waals surface area (Å²) in [4.78, 5) is 4.38. The van der Waals surface area contributed by atoms with Gasteiger partial charge in [-0.15, -0.1) is 0 Å². The zero-order chi connectivity index (χ0) is 14.5. The number of rotatable bonds is 6. The molecule has 1 unspecified atom stereocenters. The molecule has 5 heteroatoms. The van der Waals surface area contributed by atoms with Crippen LogP contribution in [0.2, 0.25) is 0 Å². The highest BCUT2D eigenvalue weighted by molar-refractivity contribution is 5.41. The fourth-order valence-corrected chi connectivity index (χ4v) is 2.19. The first-order chi connectivity index (χ1) is 9.69. The number of aryl methyl sites for hydroxylation is 1. The molecule has 0 aliphatic heterocycles. The molecule has 1 aromatic carbocycles. The van der Waals surface area contributed by atoms with Crippen LogP contribution in [0.1, 0.15) is 30.8 Å². The van der Waals surface area contributed by atoms with Crippen LogP contribution in [-0.4, -0.2) is 23.8 Å². The summed E-state index contributed by atoms with van der Waals surface area (Å²) in [5.74, 6) is 2.30. The fourth-order valence-electron chi connectivity index (χ4n) is 2.19. The summed E-state index contributed by atoms with van der Waals surface area (Å²) >= 11 is 0. The molecule has 2 rings (SSSR count). The molecule has 5 nitrogen and oxygen atoms in total. The van der Waals surface area contributed by atoms with Gasteiger partial charge in [0.15, 0.2) is 0 Å². The lowest BCUT2D eigenvalue weighted by Crippen LogP contribution is -2.18. The number of nitrogens with zero attached hydrogens (tertiary/aromatic N) is 2. The van der Waals surface area contributed by atoms with E-state index < -0.39 is 0 Å². The van der Waals surface area contributed by atoms with Crippen molar-refractivity contribution in [2.75, 3.05) is 14.2 Å². The quantitative estimate of drug-likeness (QED) is 0.879. The first-order valence-corrected chi connectivity index (χ1v) is 6.69. The largest absolute Gasteiger partial charge is 0.497 e. The lowest BCUT2D eigenvalue weighted by molar-refractivity contribution is 0.393. The fraction of sp³-hybridized carbons (Fsp3) is 0.400. The highest BCUT2D eigenvalue weighted by atomic mass is 16.5. The van der Waals surface area contributed by atoms with E-state index in [4.69, 9.17) is 15.2 Å². The van der Waals surface area contributed by atoms with Crippen LogP contribution in [0.5, 0.6) is 11.5 Å². The first-order valence-electron chi connectivity index (χ1n) is 6.69. The Hall–Kier alpha value is -2.01. The van der Waals surface area contributed by atoms with Gasteiger partial charge in [0.05, 0.1) is 20.3 Å². The van der Waals surface area contributed by atoms with E-state index >= 15 is 0 Å². The molecule has 0 radical (unpaired) electrons. The van der Waals surface area contributed by atoms with Crippen molar-refractivity contribution in [1.29, 1.82) is 0 Å². The van der Waals surface area contributed by atoms with E-state index in [9.17, 15) is 0 Å². The molecule has 0 bridgehead atoms. The first kappa shape index (κ1) is 14.4. The van der Waals surface area contributed by atoms with Gasteiger partial charge in [0, 0.05) is 25.0 Å². The molecule has 0 aliphatic rings. The number of aromatic nitrogens is 2. The summed E-state index contributed by atoms with van der Waals surface area (Å²) in [5, 5.41) is 0. The van der Waals surface area contributed by atoms with Gasteiger partial charge < -0.3 is 19.8 Å². The number of methoxy groups -OCH3 is 2. The van der Waals surface area contributed by atoms with Crippen LogP contribution in [0.15, 0.2) is 30.6 Å². The predicted molar refractivity (Wildman–Crippen MR) is 78.1 cm³/mol. The van der Waals surface area contributed by atoms with Crippen LogP contribution < -0.4 is 15.2 Å². The number of ether oxygens (including phenoxy) is 2. The lowest BCUT2D eigenvalue weighted by Gasteiger charge is -2.16. The molecule has 0 saturated carbocycles. The summed E-state index contributed by atoms with van der Waals surface area (Å²) < 4.78 is 12.6. The van der Waals surface area contributed by atoms with Gasteiger partial charge in [0.25, 0.3) is 0 Å². The highest BCUT2D eigenvalue weighted by Gasteiger charge is 2.16. The van der Waals surface area contributed by atoms with E-state index in [-0.39, 0.29) is 6.04 Å². The van der Waals surface area contributed by atoms with Gasteiger partial charge in [0.2, 0.25) is 0 Å². The summed E-state index contributed by atoms with van der Waals surface area (Å²) in [5.41, 5.74) is 7.27. The SMILES string of the molecule is CCCn1ccnc1C(N)c1cc(OC)cc(OC)c1. The van der Waals surface area contributed by atoms with Gasteiger partial charge in [-0.05, 0) is 24.1 Å². The average Bonchev–Trinajstić information content (AvgIpc) is 2.94. The second-order valence-electron chi connectivity index (χ2n) is 4.60. The van der Waals surface area contributed by atoms with E-state index in [0.717, 1.165) is 35.9 Å². The van der Waals surface area contributed by atoms with E-state index in [1.165, 1.54) is 0 Å². The van der Waals surface area contributed by atoms with Gasteiger partial charge in [-0.3, -0.25) is 0 Å². The van der Waals surface area contributed by atoms with Crippen LogP contribution in [0.3, 0.4) is 0 Å². The Bertz CT molecular complexity index is 544. The number of imidazole rings is 1. The van der Waals surface area contributed by atoms with Crippen LogP contribution in [0, 0.1) is 0 Å². The minimum atomic E-state index is -0.305. The third-order valence-corrected chi connectivity index (χ3v) is 3.22. The second-order valence-corrected chi connectivity index (χ2v) is 4.60. The Morgan fingerprint density at radius 1 is 1.20 bits per heavy atom. The Morgan fingerprint density at radius 3 is 2.40 bits per heavy atom. The number of benzene rings is 1. The molecule has 2 aromatic rings. The Morgan fingerprint density at radius 2 is 1.85 bits per heavy atom. The molecule has 0 spiro atoms. The Labute approximate surface area is 119 Å². The monoisotopic (exact) mass is 275 g/mol. The molecule has 1 heterocycles. The third kappa shape index (κ3) is 2.93. The molecule has 2 N–H and O–H groups in total. The molecule has 108 valence electrons. The van der Waals surface area contributed by atoms with Crippen LogP contribution in [0.4, 0.5) is 0 Å². The molecule has 0 aliphatic carbocycles. The maximum Gasteiger partial charge on any atom is 0.130 e. The topological polar surface area (TPSA) is 62.3 Å². The highest BCUT2D eigenvalue weighted by Crippen LogP contribution is 2.28. The van der Waals surface area contributed by atoms with Crippen LogP contribution in [-0.2, 0) is 6.54 Å².